The molecule has 3 nitrogen and oxygen atoms in total. The molecule has 0 saturated heterocycles. The van der Waals surface area contributed by atoms with Crippen LogP contribution in [0.4, 0.5) is 0 Å². The zero-order valence-corrected chi connectivity index (χ0v) is 10.2. The number of rotatable bonds is 1. The minimum absolute atomic E-state index is 0.0604. The number of aromatic amines is 1. The number of aromatic nitrogens is 2. The zero-order valence-electron chi connectivity index (χ0n) is 10.2. The van der Waals surface area contributed by atoms with Gasteiger partial charge >= 0.3 is 0 Å². The molecule has 1 aromatic heterocycles. The summed E-state index contributed by atoms with van der Waals surface area (Å²) in [4.78, 5) is 0. The largest absolute Gasteiger partial charge is 0.392 e. The highest BCUT2D eigenvalue weighted by molar-refractivity contribution is 5.79. The molecule has 92 valence electrons. The Balaban J connectivity index is 1.89. The highest BCUT2D eigenvalue weighted by Gasteiger charge is 1.95. The fourth-order valence-corrected chi connectivity index (χ4v) is 1.86. The molecular weight excluding hydrogens is 236 g/mol. The van der Waals surface area contributed by atoms with Crippen molar-refractivity contribution in [1.29, 1.82) is 0 Å². The van der Waals surface area contributed by atoms with Gasteiger partial charge in [0.25, 0.3) is 0 Å². The predicted octanol–water partition coefficient (Wildman–Crippen LogP) is 2.46. The van der Waals surface area contributed by atoms with Crippen molar-refractivity contribution in [1.82, 2.24) is 10.2 Å². The Hall–Kier alpha value is -2.57. The molecule has 0 radical (unpaired) electrons. The van der Waals surface area contributed by atoms with E-state index in [1.165, 1.54) is 0 Å². The van der Waals surface area contributed by atoms with Crippen LogP contribution in [0.1, 0.15) is 16.7 Å². The topological polar surface area (TPSA) is 48.9 Å². The van der Waals surface area contributed by atoms with Crippen LogP contribution in [0, 0.1) is 11.8 Å². The maximum absolute atomic E-state index is 8.97. The summed E-state index contributed by atoms with van der Waals surface area (Å²) in [5.74, 6) is 6.23. The lowest BCUT2D eigenvalue weighted by Crippen LogP contribution is -1.82. The van der Waals surface area contributed by atoms with E-state index in [9.17, 15) is 0 Å². The van der Waals surface area contributed by atoms with Gasteiger partial charge in [-0.2, -0.15) is 5.10 Å². The van der Waals surface area contributed by atoms with Gasteiger partial charge in [-0.1, -0.05) is 24.0 Å². The normalized spacial score (nSPS) is 10.2. The van der Waals surface area contributed by atoms with Crippen LogP contribution in [0.2, 0.25) is 0 Å². The van der Waals surface area contributed by atoms with Crippen LogP contribution < -0.4 is 0 Å². The van der Waals surface area contributed by atoms with Gasteiger partial charge in [-0.25, -0.2) is 0 Å². The molecule has 0 aliphatic heterocycles. The van der Waals surface area contributed by atoms with Crippen molar-refractivity contribution in [2.24, 2.45) is 0 Å². The number of nitrogens with one attached hydrogen (secondary N) is 1. The molecule has 1 heterocycles. The fraction of sp³-hybridized carbons (Fsp3) is 0.0625. The Morgan fingerprint density at radius 2 is 1.74 bits per heavy atom. The standard InChI is InChI=1S/C16H12N2O/c19-11-14-5-2-12(3-6-14)1-4-13-7-8-16-15(9-13)10-17-18-16/h2-3,5-10,19H,11H2,(H,17,18). The maximum atomic E-state index is 8.97. The minimum atomic E-state index is 0.0604. The highest BCUT2D eigenvalue weighted by Crippen LogP contribution is 2.12. The predicted molar refractivity (Wildman–Crippen MR) is 74.4 cm³/mol. The van der Waals surface area contributed by atoms with Crippen molar-refractivity contribution in [2.75, 3.05) is 0 Å². The van der Waals surface area contributed by atoms with E-state index in [0.29, 0.717) is 0 Å². The number of aliphatic hydroxyl groups excluding tert-OH is 1. The van der Waals surface area contributed by atoms with Crippen LogP contribution in [0.15, 0.2) is 48.7 Å². The van der Waals surface area contributed by atoms with Gasteiger partial charge in [-0.15, -0.1) is 0 Å². The average Bonchev–Trinajstić information content (AvgIpc) is 2.93. The summed E-state index contributed by atoms with van der Waals surface area (Å²) < 4.78 is 0. The summed E-state index contributed by atoms with van der Waals surface area (Å²) in [7, 11) is 0. The van der Waals surface area contributed by atoms with Crippen LogP contribution in [-0.4, -0.2) is 15.3 Å². The van der Waals surface area contributed by atoms with Crippen molar-refractivity contribution < 1.29 is 5.11 Å². The molecule has 0 aliphatic carbocycles. The SMILES string of the molecule is OCc1ccc(C#Cc2ccc3[nH]ncc3c2)cc1. The lowest BCUT2D eigenvalue weighted by atomic mass is 10.1. The number of H-pyrrole nitrogens is 1. The first kappa shape index (κ1) is 11.5. The number of aliphatic hydroxyl groups is 1. The number of hydrogen-bond acceptors (Lipinski definition) is 2. The molecule has 0 atom stereocenters. The van der Waals surface area contributed by atoms with E-state index < -0.39 is 0 Å². The van der Waals surface area contributed by atoms with Crippen molar-refractivity contribution in [3.8, 4) is 11.8 Å². The molecule has 0 unspecified atom stereocenters. The van der Waals surface area contributed by atoms with Gasteiger partial charge in [0.1, 0.15) is 0 Å². The average molecular weight is 248 g/mol. The second-order valence-corrected chi connectivity index (χ2v) is 4.28. The second-order valence-electron chi connectivity index (χ2n) is 4.28. The quantitative estimate of drug-likeness (QED) is 0.650. The first-order valence-electron chi connectivity index (χ1n) is 6.00. The van der Waals surface area contributed by atoms with E-state index in [4.69, 9.17) is 5.11 Å². The Labute approximate surface area is 110 Å². The van der Waals surface area contributed by atoms with Crippen molar-refractivity contribution in [2.45, 2.75) is 6.61 Å². The molecule has 3 heteroatoms. The summed E-state index contributed by atoms with van der Waals surface area (Å²) in [6.07, 6.45) is 1.79. The van der Waals surface area contributed by atoms with Gasteiger partial charge in [-0.05, 0) is 35.9 Å². The summed E-state index contributed by atoms with van der Waals surface area (Å²) >= 11 is 0. The molecule has 0 fully saturated rings. The molecular formula is C16H12N2O. The van der Waals surface area contributed by atoms with Crippen LogP contribution in [-0.2, 0) is 6.61 Å². The van der Waals surface area contributed by atoms with Gasteiger partial charge in [0.2, 0.25) is 0 Å². The summed E-state index contributed by atoms with van der Waals surface area (Å²) in [5, 5.41) is 16.9. The zero-order chi connectivity index (χ0) is 13.1. The van der Waals surface area contributed by atoms with E-state index in [1.807, 2.05) is 42.5 Å². The van der Waals surface area contributed by atoms with E-state index in [1.54, 1.807) is 6.20 Å². The van der Waals surface area contributed by atoms with Crippen LogP contribution in [0.5, 0.6) is 0 Å². The van der Waals surface area contributed by atoms with Crippen LogP contribution in [0.25, 0.3) is 10.9 Å². The third-order valence-electron chi connectivity index (χ3n) is 2.93. The molecule has 0 aliphatic rings. The fourth-order valence-electron chi connectivity index (χ4n) is 1.86. The molecule has 19 heavy (non-hydrogen) atoms. The Morgan fingerprint density at radius 1 is 1.00 bits per heavy atom. The van der Waals surface area contributed by atoms with E-state index in [-0.39, 0.29) is 6.61 Å². The van der Waals surface area contributed by atoms with E-state index >= 15 is 0 Å². The molecule has 3 aromatic rings. The first-order valence-corrected chi connectivity index (χ1v) is 6.00. The van der Waals surface area contributed by atoms with Crippen molar-refractivity contribution in [3.05, 3.63) is 65.4 Å². The molecule has 2 N–H and O–H groups in total. The van der Waals surface area contributed by atoms with Gasteiger partial charge in [0.05, 0.1) is 18.3 Å². The van der Waals surface area contributed by atoms with Crippen molar-refractivity contribution in [3.63, 3.8) is 0 Å². The van der Waals surface area contributed by atoms with Crippen LogP contribution in [0.3, 0.4) is 0 Å². The second kappa shape index (κ2) is 4.97. The molecule has 3 rings (SSSR count). The number of hydrogen-bond donors (Lipinski definition) is 2. The Kier molecular flexibility index (Phi) is 3.01. The third kappa shape index (κ3) is 2.49. The summed E-state index contributed by atoms with van der Waals surface area (Å²) in [5.41, 5.74) is 3.80. The summed E-state index contributed by atoms with van der Waals surface area (Å²) in [6, 6.07) is 13.5. The van der Waals surface area contributed by atoms with E-state index in [2.05, 4.69) is 22.0 Å². The van der Waals surface area contributed by atoms with E-state index in [0.717, 1.165) is 27.6 Å². The smallest absolute Gasteiger partial charge is 0.0681 e. The van der Waals surface area contributed by atoms with Crippen molar-refractivity contribution >= 4 is 10.9 Å². The number of nitrogens with zero attached hydrogens (tertiary/aromatic N) is 1. The lowest BCUT2D eigenvalue weighted by Gasteiger charge is -1.95. The number of fused-ring (bicyclic) bond motifs is 1. The van der Waals surface area contributed by atoms with Gasteiger partial charge < -0.3 is 5.11 Å². The maximum Gasteiger partial charge on any atom is 0.0681 e. The Bertz CT molecular complexity index is 761. The Morgan fingerprint density at radius 3 is 2.53 bits per heavy atom. The molecule has 2 aromatic carbocycles. The minimum Gasteiger partial charge on any atom is -0.392 e. The number of benzene rings is 2. The third-order valence-corrected chi connectivity index (χ3v) is 2.93. The highest BCUT2D eigenvalue weighted by atomic mass is 16.3. The molecule has 0 amide bonds. The molecule has 0 bridgehead atoms. The summed E-state index contributed by atoms with van der Waals surface area (Å²) in [6.45, 7) is 0.0604. The van der Waals surface area contributed by atoms with Gasteiger partial charge in [-0.3, -0.25) is 5.10 Å². The van der Waals surface area contributed by atoms with Crippen LogP contribution >= 0.6 is 0 Å². The monoisotopic (exact) mass is 248 g/mol. The van der Waals surface area contributed by atoms with Gasteiger partial charge in [0, 0.05) is 16.5 Å². The lowest BCUT2D eigenvalue weighted by molar-refractivity contribution is 0.282. The first-order chi connectivity index (χ1) is 9.35. The molecule has 0 spiro atoms. The van der Waals surface area contributed by atoms with Gasteiger partial charge in [0.15, 0.2) is 0 Å². The molecule has 0 saturated carbocycles.